The number of nitrogens with one attached hydrogen (secondary N) is 1. The molecule has 0 spiro atoms. The number of carboxylic acid groups (broad SMARTS) is 3. The molecule has 14 nitrogen and oxygen atoms in total. The van der Waals surface area contributed by atoms with E-state index in [-0.39, 0.29) is 88.7 Å². The second-order valence-corrected chi connectivity index (χ2v) is 5.87. The Bertz CT molecular complexity index is 578. The summed E-state index contributed by atoms with van der Waals surface area (Å²) in [5, 5.41) is 78.3. The summed E-state index contributed by atoms with van der Waals surface area (Å²) in [6.07, 6.45) is -7.96. The third-order valence-corrected chi connectivity index (χ3v) is 3.52. The van der Waals surface area contributed by atoms with Gasteiger partial charge in [-0.25, -0.2) is 0 Å². The van der Waals surface area contributed by atoms with Gasteiger partial charge in [0, 0.05) is 31.7 Å². The summed E-state index contributed by atoms with van der Waals surface area (Å²) < 4.78 is 4.81. The molecule has 1 unspecified atom stereocenters. The number of rotatable bonds is 7. The quantitative estimate of drug-likeness (QED) is 0.186. The molecule has 1 saturated heterocycles. The molecule has 31 heavy (non-hydrogen) atoms. The summed E-state index contributed by atoms with van der Waals surface area (Å²) >= 11 is 0. The standard InChI is InChI=1S/C8H15NO6.C6H8O7.3Na/c1-3(11)9-5-7(13)6(12)4(2-10)15-8(5)14;7-3(8)1-6(13,5(11)12)2-4(9)10;;;/h4-8,10,12-14H,2H2,1H3,(H,9,11);13H,1-2H2,(H,7,8)(H,9,10)(H,11,12);;;/q;;3*+1/p-3/t4-,5-,6-,7-,8?;;;;/m1..../s1. The van der Waals surface area contributed by atoms with Crippen molar-refractivity contribution in [1.29, 1.82) is 0 Å². The molecule has 162 valence electrons. The average Bonchev–Trinajstić information content (AvgIpc) is 2.53. The van der Waals surface area contributed by atoms with Crippen LogP contribution < -0.4 is 109 Å². The maximum absolute atomic E-state index is 10.7. The van der Waals surface area contributed by atoms with Gasteiger partial charge in [-0.1, -0.05) is 0 Å². The van der Waals surface area contributed by atoms with Crippen LogP contribution in [0.4, 0.5) is 0 Å². The van der Waals surface area contributed by atoms with Crippen molar-refractivity contribution in [3.63, 3.8) is 0 Å². The van der Waals surface area contributed by atoms with E-state index in [1.807, 2.05) is 0 Å². The van der Waals surface area contributed by atoms with Crippen LogP contribution in [0.3, 0.4) is 0 Å². The van der Waals surface area contributed by atoms with Crippen LogP contribution in [0, 0.1) is 0 Å². The maximum atomic E-state index is 10.7. The van der Waals surface area contributed by atoms with Gasteiger partial charge in [0.1, 0.15) is 30.0 Å². The van der Waals surface area contributed by atoms with E-state index in [1.54, 1.807) is 0 Å². The van der Waals surface area contributed by atoms with Crippen molar-refractivity contribution in [2.45, 2.75) is 56.0 Å². The Balaban J connectivity index is -0.000000217. The first kappa shape index (κ1) is 38.9. The molecule has 0 radical (unpaired) electrons. The van der Waals surface area contributed by atoms with Gasteiger partial charge in [0.15, 0.2) is 6.29 Å². The van der Waals surface area contributed by atoms with Crippen molar-refractivity contribution in [3.05, 3.63) is 0 Å². The molecule has 17 heteroatoms. The second-order valence-electron chi connectivity index (χ2n) is 5.87. The largest absolute Gasteiger partial charge is 1.00 e. The van der Waals surface area contributed by atoms with Crippen molar-refractivity contribution < 1.29 is 153 Å². The Hall–Kier alpha value is 0.640. The number of hydrogen-bond donors (Lipinski definition) is 6. The molecule has 6 N–H and O–H groups in total. The molecule has 0 aromatic carbocycles. The summed E-state index contributed by atoms with van der Waals surface area (Å²) in [7, 11) is 0. The Labute approximate surface area is 242 Å². The summed E-state index contributed by atoms with van der Waals surface area (Å²) in [6.45, 7) is 0.687. The smallest absolute Gasteiger partial charge is 0.550 e. The Morgan fingerprint density at radius 1 is 0.935 bits per heavy atom. The summed E-state index contributed by atoms with van der Waals surface area (Å²) in [6, 6.07) is -1.10. The van der Waals surface area contributed by atoms with Gasteiger partial charge in [-0.05, 0) is 0 Å². The number of aliphatic hydroxyl groups excluding tert-OH is 4. The fourth-order valence-electron chi connectivity index (χ4n) is 2.17. The molecule has 1 fully saturated rings. The van der Waals surface area contributed by atoms with Crippen LogP contribution in [-0.2, 0) is 23.9 Å². The van der Waals surface area contributed by atoms with Crippen molar-refractivity contribution in [2.75, 3.05) is 6.61 Å². The third kappa shape index (κ3) is 13.8. The molecule has 1 aliphatic heterocycles. The summed E-state index contributed by atoms with van der Waals surface area (Å²) in [4.78, 5) is 40.7. The first-order chi connectivity index (χ1) is 12.7. The minimum atomic E-state index is -2.97. The molecule has 1 heterocycles. The Morgan fingerprint density at radius 3 is 1.65 bits per heavy atom. The molecule has 5 atom stereocenters. The van der Waals surface area contributed by atoms with E-state index in [9.17, 15) is 49.8 Å². The van der Waals surface area contributed by atoms with Gasteiger partial charge in [-0.3, -0.25) is 4.79 Å². The molecule has 1 amide bonds. The molecule has 1 aliphatic rings. The van der Waals surface area contributed by atoms with E-state index >= 15 is 0 Å². The zero-order chi connectivity index (χ0) is 22.2. The van der Waals surface area contributed by atoms with Crippen LogP contribution in [0.15, 0.2) is 0 Å². The second kappa shape index (κ2) is 18.0. The molecular formula is C14H20NNa3O13. The van der Waals surface area contributed by atoms with Crippen molar-refractivity contribution in [3.8, 4) is 0 Å². The van der Waals surface area contributed by atoms with Gasteiger partial charge in [-0.15, -0.1) is 0 Å². The van der Waals surface area contributed by atoms with E-state index in [0.29, 0.717) is 0 Å². The molecular weight excluding hydrogens is 459 g/mol. The van der Waals surface area contributed by atoms with Gasteiger partial charge in [0.2, 0.25) is 5.91 Å². The topological polar surface area (TPSA) is 260 Å². The molecule has 0 aliphatic carbocycles. The number of hydrogen-bond acceptors (Lipinski definition) is 13. The number of aliphatic carboxylic acids is 3. The van der Waals surface area contributed by atoms with Gasteiger partial charge in [0.25, 0.3) is 0 Å². The monoisotopic (exact) mass is 479 g/mol. The number of carbonyl (C=O) groups is 4. The first-order valence-corrected chi connectivity index (χ1v) is 7.66. The molecule has 0 bridgehead atoms. The van der Waals surface area contributed by atoms with Gasteiger partial charge < -0.3 is 65.3 Å². The predicted octanol–water partition coefficient (Wildman–Crippen LogP) is -17.3. The first-order valence-electron chi connectivity index (χ1n) is 7.66. The van der Waals surface area contributed by atoms with Gasteiger partial charge >= 0.3 is 88.7 Å². The zero-order valence-electron chi connectivity index (χ0n) is 17.5. The van der Waals surface area contributed by atoms with Crippen LogP contribution in [0.25, 0.3) is 0 Å². The zero-order valence-corrected chi connectivity index (χ0v) is 23.5. The number of ether oxygens (including phenoxy) is 1. The third-order valence-electron chi connectivity index (χ3n) is 3.52. The van der Waals surface area contributed by atoms with E-state index in [1.165, 1.54) is 6.92 Å². The van der Waals surface area contributed by atoms with E-state index in [2.05, 4.69) is 5.32 Å². The normalized spacial score (nSPS) is 24.5. The predicted molar refractivity (Wildman–Crippen MR) is 76.8 cm³/mol. The van der Waals surface area contributed by atoms with E-state index < -0.39 is 79.5 Å². The van der Waals surface area contributed by atoms with E-state index in [0.717, 1.165) is 0 Å². The molecule has 0 aromatic heterocycles. The average molecular weight is 479 g/mol. The summed E-state index contributed by atoms with van der Waals surface area (Å²) in [5.41, 5.74) is -2.97. The van der Waals surface area contributed by atoms with E-state index in [4.69, 9.17) is 14.9 Å². The Morgan fingerprint density at radius 2 is 1.35 bits per heavy atom. The van der Waals surface area contributed by atoms with Crippen molar-refractivity contribution in [1.82, 2.24) is 5.32 Å². The SMILES string of the molecule is CC(=O)N[C@H]1C(O)O[C@H](CO)[C@@H](O)[C@@H]1O.O=C([O-])CC(O)(CC(=O)[O-])C(=O)[O-].[Na+].[Na+].[Na+]. The summed E-state index contributed by atoms with van der Waals surface area (Å²) in [5.74, 6) is -6.45. The van der Waals surface area contributed by atoms with Crippen molar-refractivity contribution >= 4 is 23.8 Å². The molecule has 0 aromatic rings. The van der Waals surface area contributed by atoms with Gasteiger partial charge in [-0.2, -0.15) is 0 Å². The molecule has 1 rings (SSSR count). The maximum Gasteiger partial charge on any atom is 1.00 e. The number of carbonyl (C=O) groups excluding carboxylic acids is 4. The van der Waals surface area contributed by atoms with Crippen LogP contribution in [0.5, 0.6) is 0 Å². The number of carboxylic acids is 3. The number of aliphatic hydroxyl groups is 5. The van der Waals surface area contributed by atoms with Crippen molar-refractivity contribution in [2.24, 2.45) is 0 Å². The van der Waals surface area contributed by atoms with Crippen LogP contribution in [0.2, 0.25) is 0 Å². The number of amides is 1. The molecule has 0 saturated carbocycles. The van der Waals surface area contributed by atoms with Crippen LogP contribution in [0.1, 0.15) is 19.8 Å². The Kier molecular flexibility index (Phi) is 22.6. The minimum absolute atomic E-state index is 0. The van der Waals surface area contributed by atoms with Gasteiger partial charge in [0.05, 0.1) is 12.6 Å². The fourth-order valence-corrected chi connectivity index (χ4v) is 2.17. The van der Waals surface area contributed by atoms with Crippen LogP contribution >= 0.6 is 0 Å². The minimum Gasteiger partial charge on any atom is -0.550 e. The van der Waals surface area contributed by atoms with Crippen LogP contribution in [-0.4, -0.2) is 92.2 Å². The fraction of sp³-hybridized carbons (Fsp3) is 0.714.